The van der Waals surface area contributed by atoms with E-state index in [-0.39, 0.29) is 5.78 Å². The number of hydrogen-bond donors (Lipinski definition) is 1. The normalized spacial score (nSPS) is 21.2. The first-order valence-corrected chi connectivity index (χ1v) is 9.84. The van der Waals surface area contributed by atoms with Crippen molar-refractivity contribution in [2.24, 2.45) is 15.9 Å². The second-order valence-corrected chi connectivity index (χ2v) is 8.86. The van der Waals surface area contributed by atoms with E-state index in [1.54, 1.807) is 27.7 Å². The van der Waals surface area contributed by atoms with Gasteiger partial charge in [-0.25, -0.2) is 0 Å². The summed E-state index contributed by atoms with van der Waals surface area (Å²) in [6.45, 7) is 6.80. The fraction of sp³-hybridized carbons (Fsp3) is 0.318. The highest BCUT2D eigenvalue weighted by Crippen LogP contribution is 2.41. The number of carbonyl (C=O) groups excluding carboxylic acids is 2. The number of esters is 1. The van der Waals surface area contributed by atoms with Gasteiger partial charge in [0.05, 0.1) is 11.1 Å². The van der Waals surface area contributed by atoms with Gasteiger partial charge < -0.3 is 4.74 Å². The molecule has 1 N–H and O–H groups in total. The highest BCUT2D eigenvalue weighted by Gasteiger charge is 2.56. The average Bonchev–Trinajstić information content (AvgIpc) is 2.67. The number of ketones is 1. The van der Waals surface area contributed by atoms with E-state index in [0.29, 0.717) is 5.71 Å². The Hall–Kier alpha value is -2.47. The minimum atomic E-state index is -1.18. The Morgan fingerprint density at radius 1 is 1.00 bits per heavy atom. The van der Waals surface area contributed by atoms with Crippen molar-refractivity contribution in [2.75, 3.05) is 5.43 Å². The Morgan fingerprint density at radius 2 is 1.61 bits per heavy atom. The minimum Gasteiger partial charge on any atom is -0.454 e. The number of nitrogens with zero attached hydrogens (tertiary/aromatic N) is 1. The maximum Gasteiger partial charge on any atom is 0.319 e. The number of ether oxygens (including phenoxy) is 1. The lowest BCUT2D eigenvalue weighted by Gasteiger charge is -2.43. The van der Waals surface area contributed by atoms with Crippen molar-refractivity contribution in [3.63, 3.8) is 0 Å². The number of hydrogen-bond acceptors (Lipinski definition) is 5. The Labute approximate surface area is 173 Å². The number of hydrazone groups is 1. The van der Waals surface area contributed by atoms with Crippen molar-refractivity contribution in [1.82, 2.24) is 0 Å². The Morgan fingerprint density at radius 3 is 2.21 bits per heavy atom. The van der Waals surface area contributed by atoms with E-state index in [9.17, 15) is 9.59 Å². The van der Waals surface area contributed by atoms with E-state index in [1.165, 1.54) is 0 Å². The van der Waals surface area contributed by atoms with Crippen LogP contribution in [0.1, 0.15) is 33.3 Å². The molecular weight excluding hydrogens is 420 g/mol. The van der Waals surface area contributed by atoms with Crippen molar-refractivity contribution in [2.45, 2.75) is 33.8 Å². The molecule has 1 atom stereocenters. The number of halogens is 1. The van der Waals surface area contributed by atoms with E-state index in [0.717, 1.165) is 15.7 Å². The van der Waals surface area contributed by atoms with Crippen LogP contribution in [0.4, 0.5) is 5.69 Å². The molecule has 0 spiro atoms. The summed E-state index contributed by atoms with van der Waals surface area (Å²) in [6, 6.07) is 17.0. The summed E-state index contributed by atoms with van der Waals surface area (Å²) in [6.07, 6.45) is -0.807. The van der Waals surface area contributed by atoms with Gasteiger partial charge in [0.15, 0.2) is 11.9 Å². The fourth-order valence-electron chi connectivity index (χ4n) is 3.35. The topological polar surface area (TPSA) is 67.8 Å². The van der Waals surface area contributed by atoms with Gasteiger partial charge >= 0.3 is 5.97 Å². The monoisotopic (exact) mass is 442 g/mol. The zero-order valence-electron chi connectivity index (χ0n) is 16.3. The molecule has 0 amide bonds. The number of cyclic esters (lactones) is 1. The highest BCUT2D eigenvalue weighted by atomic mass is 79.9. The molecule has 0 saturated carbocycles. The van der Waals surface area contributed by atoms with Crippen LogP contribution < -0.4 is 5.43 Å². The van der Waals surface area contributed by atoms with Crippen LogP contribution in [-0.2, 0) is 14.3 Å². The van der Waals surface area contributed by atoms with Gasteiger partial charge in [-0.2, -0.15) is 5.10 Å². The van der Waals surface area contributed by atoms with Gasteiger partial charge in [0.1, 0.15) is 11.1 Å². The minimum absolute atomic E-state index is 0.161. The molecule has 1 aliphatic heterocycles. The Bertz CT molecular complexity index is 919. The third-order valence-corrected chi connectivity index (χ3v) is 5.54. The molecule has 0 aliphatic carbocycles. The van der Waals surface area contributed by atoms with E-state index < -0.39 is 22.9 Å². The lowest BCUT2D eigenvalue weighted by atomic mass is 9.67. The summed E-state index contributed by atoms with van der Waals surface area (Å²) in [4.78, 5) is 25.6. The number of rotatable bonds is 4. The van der Waals surface area contributed by atoms with Crippen molar-refractivity contribution < 1.29 is 14.3 Å². The molecule has 146 valence electrons. The molecule has 2 aromatic rings. The molecular formula is C22H23BrN2O3. The molecule has 0 radical (unpaired) electrons. The second-order valence-electron chi connectivity index (χ2n) is 7.94. The maximum atomic E-state index is 13.1. The summed E-state index contributed by atoms with van der Waals surface area (Å²) in [5, 5.41) is 4.55. The van der Waals surface area contributed by atoms with Gasteiger partial charge in [-0.15, -0.1) is 0 Å². The fourth-order valence-corrected chi connectivity index (χ4v) is 3.61. The molecule has 5 nitrogen and oxygen atoms in total. The number of para-hydroxylation sites is 1. The first kappa shape index (κ1) is 20.3. The molecule has 3 rings (SSSR count). The smallest absolute Gasteiger partial charge is 0.319 e. The second kappa shape index (κ2) is 7.51. The van der Waals surface area contributed by atoms with Crippen LogP contribution in [0.15, 0.2) is 64.2 Å². The summed E-state index contributed by atoms with van der Waals surface area (Å²) < 4.78 is 6.70. The molecule has 1 unspecified atom stereocenters. The Kier molecular flexibility index (Phi) is 5.44. The zero-order valence-corrected chi connectivity index (χ0v) is 17.9. The number of anilines is 1. The predicted molar refractivity (Wildman–Crippen MR) is 113 cm³/mol. The van der Waals surface area contributed by atoms with E-state index in [4.69, 9.17) is 4.74 Å². The van der Waals surface area contributed by atoms with Crippen LogP contribution >= 0.6 is 15.9 Å². The maximum absolute atomic E-state index is 13.1. The van der Waals surface area contributed by atoms with Gasteiger partial charge in [-0.05, 0) is 52.0 Å². The SMILES string of the molecule is CC1(C)C(=O)OC(C(=NNc2ccccc2)c2ccc(Br)cc2)C(C)(C)C1=O. The van der Waals surface area contributed by atoms with Crippen LogP contribution in [0.5, 0.6) is 0 Å². The molecule has 0 aromatic heterocycles. The van der Waals surface area contributed by atoms with Gasteiger partial charge in [0, 0.05) is 10.0 Å². The van der Waals surface area contributed by atoms with Crippen molar-refractivity contribution >= 4 is 39.1 Å². The standard InChI is InChI=1S/C22H23BrN2O3/c1-21(2)18(28-20(27)22(3,4)19(21)26)17(14-10-12-15(23)13-11-14)25-24-16-8-6-5-7-9-16/h5-13,18,24H,1-4H3. The molecule has 1 fully saturated rings. The van der Waals surface area contributed by atoms with Crippen molar-refractivity contribution in [1.29, 1.82) is 0 Å². The predicted octanol–water partition coefficient (Wildman–Crippen LogP) is 4.81. The van der Waals surface area contributed by atoms with Crippen LogP contribution in [0, 0.1) is 10.8 Å². The van der Waals surface area contributed by atoms with Crippen LogP contribution in [0.25, 0.3) is 0 Å². The zero-order chi connectivity index (χ0) is 20.5. The molecule has 28 heavy (non-hydrogen) atoms. The summed E-state index contributed by atoms with van der Waals surface area (Å²) in [7, 11) is 0. The van der Waals surface area contributed by atoms with Crippen molar-refractivity contribution in [3.8, 4) is 0 Å². The number of carbonyl (C=O) groups is 2. The van der Waals surface area contributed by atoms with Crippen LogP contribution in [-0.4, -0.2) is 23.6 Å². The third kappa shape index (κ3) is 3.74. The van der Waals surface area contributed by atoms with Gasteiger partial charge in [-0.1, -0.05) is 46.3 Å². The van der Waals surface area contributed by atoms with Gasteiger partial charge in [0.25, 0.3) is 0 Å². The number of benzene rings is 2. The molecule has 6 heteroatoms. The number of Topliss-reactive ketones (excluding diaryl/α,β-unsaturated/α-hetero) is 1. The van der Waals surface area contributed by atoms with Crippen molar-refractivity contribution in [3.05, 3.63) is 64.6 Å². The summed E-state index contributed by atoms with van der Waals surface area (Å²) in [5.41, 5.74) is 2.97. The first-order chi connectivity index (χ1) is 13.1. The Balaban J connectivity index is 2.06. The van der Waals surface area contributed by atoms with Crippen LogP contribution in [0.2, 0.25) is 0 Å². The average molecular weight is 443 g/mol. The molecule has 1 heterocycles. The lowest BCUT2D eigenvalue weighted by Crippen LogP contribution is -2.58. The van der Waals surface area contributed by atoms with Gasteiger partial charge in [-0.3, -0.25) is 15.0 Å². The molecule has 1 saturated heterocycles. The summed E-state index contributed by atoms with van der Waals surface area (Å²) in [5.74, 6) is -0.697. The summed E-state index contributed by atoms with van der Waals surface area (Å²) >= 11 is 3.43. The molecule has 1 aliphatic rings. The quantitative estimate of drug-likeness (QED) is 0.319. The highest BCUT2D eigenvalue weighted by molar-refractivity contribution is 9.10. The molecule has 2 aromatic carbocycles. The van der Waals surface area contributed by atoms with E-state index >= 15 is 0 Å². The first-order valence-electron chi connectivity index (χ1n) is 9.04. The van der Waals surface area contributed by atoms with Gasteiger partial charge in [0.2, 0.25) is 0 Å². The van der Waals surface area contributed by atoms with Crippen LogP contribution in [0.3, 0.4) is 0 Å². The largest absolute Gasteiger partial charge is 0.454 e. The third-order valence-electron chi connectivity index (χ3n) is 5.01. The van der Waals surface area contributed by atoms with E-state index in [2.05, 4.69) is 26.5 Å². The van der Waals surface area contributed by atoms with E-state index in [1.807, 2.05) is 54.6 Å². The lowest BCUT2D eigenvalue weighted by molar-refractivity contribution is -0.179. The molecule has 0 bridgehead atoms. The number of nitrogens with one attached hydrogen (secondary N) is 1.